The summed E-state index contributed by atoms with van der Waals surface area (Å²) in [5, 5.41) is 3.56. The minimum Gasteiger partial charge on any atom is -0.314 e. The highest BCUT2D eigenvalue weighted by molar-refractivity contribution is 4.81. The van der Waals surface area contributed by atoms with Gasteiger partial charge in [0, 0.05) is 12.1 Å². The summed E-state index contributed by atoms with van der Waals surface area (Å²) in [6.45, 7) is 12.9. The average Bonchev–Trinajstić information content (AvgIpc) is 2.28. The second-order valence-electron chi connectivity index (χ2n) is 4.99. The molecule has 90 valence electrons. The maximum Gasteiger partial charge on any atom is 0.00924 e. The molecule has 2 nitrogen and oxygen atoms in total. The summed E-state index contributed by atoms with van der Waals surface area (Å²) in [4.78, 5) is 2.67. The lowest BCUT2D eigenvalue weighted by Crippen LogP contribution is -2.47. The summed E-state index contributed by atoms with van der Waals surface area (Å²) in [6.07, 6.45) is 3.96. The van der Waals surface area contributed by atoms with Gasteiger partial charge in [-0.3, -0.25) is 0 Å². The molecule has 0 saturated carbocycles. The van der Waals surface area contributed by atoms with Crippen LogP contribution in [0, 0.1) is 5.92 Å². The van der Waals surface area contributed by atoms with Gasteiger partial charge in [-0.25, -0.2) is 0 Å². The van der Waals surface area contributed by atoms with Gasteiger partial charge in [-0.1, -0.05) is 27.2 Å². The van der Waals surface area contributed by atoms with Gasteiger partial charge in [-0.15, -0.1) is 0 Å². The number of nitrogens with one attached hydrogen (secondary N) is 1. The third-order valence-electron chi connectivity index (χ3n) is 4.07. The van der Waals surface area contributed by atoms with Crippen LogP contribution < -0.4 is 5.32 Å². The van der Waals surface area contributed by atoms with Crippen LogP contribution in [0.1, 0.15) is 47.0 Å². The number of rotatable bonds is 5. The third-order valence-corrected chi connectivity index (χ3v) is 4.07. The molecule has 1 rings (SSSR count). The monoisotopic (exact) mass is 212 g/mol. The van der Waals surface area contributed by atoms with Gasteiger partial charge < -0.3 is 10.2 Å². The van der Waals surface area contributed by atoms with E-state index in [1.807, 2.05) is 0 Å². The Hall–Kier alpha value is -0.0800. The Balaban J connectivity index is 2.30. The highest BCUT2D eigenvalue weighted by Gasteiger charge is 2.24. The molecule has 0 aromatic rings. The SMILES string of the molecule is CCNC1CCN(C(C)C(C)CC)CC1. The zero-order valence-corrected chi connectivity index (χ0v) is 10.9. The third kappa shape index (κ3) is 3.76. The van der Waals surface area contributed by atoms with Crippen molar-refractivity contribution in [3.05, 3.63) is 0 Å². The molecule has 0 aliphatic carbocycles. The van der Waals surface area contributed by atoms with Gasteiger partial charge in [-0.2, -0.15) is 0 Å². The van der Waals surface area contributed by atoms with E-state index >= 15 is 0 Å². The standard InChI is InChI=1S/C13H28N2/c1-5-11(3)12(4)15-9-7-13(8-10-15)14-6-2/h11-14H,5-10H2,1-4H3. The first-order valence-corrected chi connectivity index (χ1v) is 6.66. The number of hydrogen-bond acceptors (Lipinski definition) is 2. The van der Waals surface area contributed by atoms with E-state index in [2.05, 4.69) is 37.9 Å². The van der Waals surface area contributed by atoms with Gasteiger partial charge in [0.05, 0.1) is 0 Å². The summed E-state index contributed by atoms with van der Waals surface area (Å²) in [6, 6.07) is 1.54. The van der Waals surface area contributed by atoms with Crippen molar-refractivity contribution in [2.75, 3.05) is 19.6 Å². The van der Waals surface area contributed by atoms with E-state index in [0.29, 0.717) is 0 Å². The Labute approximate surface area is 95.4 Å². The van der Waals surface area contributed by atoms with Gasteiger partial charge in [0.2, 0.25) is 0 Å². The summed E-state index contributed by atoms with van der Waals surface area (Å²) in [7, 11) is 0. The van der Waals surface area contributed by atoms with Crippen molar-refractivity contribution >= 4 is 0 Å². The molecule has 1 N–H and O–H groups in total. The van der Waals surface area contributed by atoms with Gasteiger partial charge in [0.25, 0.3) is 0 Å². The Morgan fingerprint density at radius 3 is 2.27 bits per heavy atom. The quantitative estimate of drug-likeness (QED) is 0.753. The molecule has 1 fully saturated rings. The lowest BCUT2D eigenvalue weighted by molar-refractivity contribution is 0.118. The van der Waals surface area contributed by atoms with Crippen molar-refractivity contribution in [3.63, 3.8) is 0 Å². The second-order valence-corrected chi connectivity index (χ2v) is 4.99. The van der Waals surface area contributed by atoms with Crippen LogP contribution >= 0.6 is 0 Å². The second kappa shape index (κ2) is 6.49. The molecule has 0 amide bonds. The van der Waals surface area contributed by atoms with E-state index in [1.165, 1.54) is 32.4 Å². The molecule has 1 heterocycles. The molecular weight excluding hydrogens is 184 g/mol. The molecule has 2 unspecified atom stereocenters. The van der Waals surface area contributed by atoms with Crippen molar-refractivity contribution in [1.29, 1.82) is 0 Å². The Kier molecular flexibility index (Phi) is 5.62. The normalized spacial score (nSPS) is 24.0. The van der Waals surface area contributed by atoms with E-state index in [9.17, 15) is 0 Å². The molecule has 0 radical (unpaired) electrons. The molecule has 2 heteroatoms. The van der Waals surface area contributed by atoms with Crippen molar-refractivity contribution in [3.8, 4) is 0 Å². The van der Waals surface area contributed by atoms with Crippen molar-refractivity contribution in [2.24, 2.45) is 5.92 Å². The van der Waals surface area contributed by atoms with Crippen LogP contribution in [-0.4, -0.2) is 36.6 Å². The Morgan fingerprint density at radius 2 is 1.80 bits per heavy atom. The number of hydrogen-bond donors (Lipinski definition) is 1. The highest BCUT2D eigenvalue weighted by Crippen LogP contribution is 2.19. The predicted octanol–water partition coefficient (Wildman–Crippen LogP) is 2.49. The number of likely N-dealkylation sites (tertiary alicyclic amines) is 1. The van der Waals surface area contributed by atoms with Crippen LogP contribution in [0.5, 0.6) is 0 Å². The first-order valence-electron chi connectivity index (χ1n) is 6.66. The van der Waals surface area contributed by atoms with E-state index in [-0.39, 0.29) is 0 Å². The molecule has 1 saturated heterocycles. The van der Waals surface area contributed by atoms with Crippen LogP contribution in [0.25, 0.3) is 0 Å². The molecule has 15 heavy (non-hydrogen) atoms. The van der Waals surface area contributed by atoms with E-state index < -0.39 is 0 Å². The smallest absolute Gasteiger partial charge is 0.00924 e. The lowest BCUT2D eigenvalue weighted by atomic mass is 9.96. The van der Waals surface area contributed by atoms with Crippen molar-refractivity contribution in [2.45, 2.75) is 59.0 Å². The summed E-state index contributed by atoms with van der Waals surface area (Å²) in [5.41, 5.74) is 0. The van der Waals surface area contributed by atoms with Gasteiger partial charge in [0.15, 0.2) is 0 Å². The van der Waals surface area contributed by atoms with Crippen molar-refractivity contribution in [1.82, 2.24) is 10.2 Å². The van der Waals surface area contributed by atoms with Crippen LogP contribution in [0.3, 0.4) is 0 Å². The Bertz CT molecular complexity index is 162. The summed E-state index contributed by atoms with van der Waals surface area (Å²) in [5.74, 6) is 0.834. The molecule has 1 aliphatic rings. The van der Waals surface area contributed by atoms with Gasteiger partial charge in [0.1, 0.15) is 0 Å². The molecule has 1 aliphatic heterocycles. The average molecular weight is 212 g/mol. The van der Waals surface area contributed by atoms with Crippen LogP contribution in [0.2, 0.25) is 0 Å². The fourth-order valence-electron chi connectivity index (χ4n) is 2.50. The Morgan fingerprint density at radius 1 is 1.20 bits per heavy atom. The molecule has 0 bridgehead atoms. The fourth-order valence-corrected chi connectivity index (χ4v) is 2.50. The largest absolute Gasteiger partial charge is 0.314 e. The number of nitrogens with zero attached hydrogens (tertiary/aromatic N) is 1. The molecule has 2 atom stereocenters. The van der Waals surface area contributed by atoms with Gasteiger partial charge in [-0.05, 0) is 45.3 Å². The minimum atomic E-state index is 0.762. The van der Waals surface area contributed by atoms with E-state index in [4.69, 9.17) is 0 Å². The molecular formula is C13H28N2. The van der Waals surface area contributed by atoms with Gasteiger partial charge >= 0.3 is 0 Å². The maximum atomic E-state index is 3.56. The molecule has 0 spiro atoms. The van der Waals surface area contributed by atoms with E-state index in [1.54, 1.807) is 0 Å². The summed E-state index contributed by atoms with van der Waals surface area (Å²) < 4.78 is 0. The summed E-state index contributed by atoms with van der Waals surface area (Å²) >= 11 is 0. The van der Waals surface area contributed by atoms with Crippen LogP contribution in [0.4, 0.5) is 0 Å². The molecule has 0 aromatic heterocycles. The lowest BCUT2D eigenvalue weighted by Gasteiger charge is -2.38. The van der Waals surface area contributed by atoms with Crippen molar-refractivity contribution < 1.29 is 0 Å². The molecule has 0 aromatic carbocycles. The number of piperidine rings is 1. The zero-order chi connectivity index (χ0) is 11.3. The topological polar surface area (TPSA) is 15.3 Å². The first kappa shape index (κ1) is 13.0. The highest BCUT2D eigenvalue weighted by atomic mass is 15.2. The van der Waals surface area contributed by atoms with Crippen LogP contribution in [-0.2, 0) is 0 Å². The van der Waals surface area contributed by atoms with Crippen LogP contribution in [0.15, 0.2) is 0 Å². The fraction of sp³-hybridized carbons (Fsp3) is 1.00. The minimum absolute atomic E-state index is 0.762. The maximum absolute atomic E-state index is 3.56. The zero-order valence-electron chi connectivity index (χ0n) is 10.9. The predicted molar refractivity (Wildman–Crippen MR) is 67.2 cm³/mol. The first-order chi connectivity index (χ1) is 7.19. The van der Waals surface area contributed by atoms with E-state index in [0.717, 1.165) is 24.5 Å².